The van der Waals surface area contributed by atoms with Crippen LogP contribution in [0.2, 0.25) is 0 Å². The summed E-state index contributed by atoms with van der Waals surface area (Å²) in [5.74, 6) is 0.934. The maximum atomic E-state index is 11.3. The average molecular weight is 204 g/mol. The van der Waals surface area contributed by atoms with Crippen molar-refractivity contribution in [3.05, 3.63) is 29.8 Å². The molecule has 15 heavy (non-hydrogen) atoms. The second-order valence-electron chi connectivity index (χ2n) is 4.27. The molecule has 2 amide bonds. The van der Waals surface area contributed by atoms with Crippen LogP contribution in [0.15, 0.2) is 24.3 Å². The number of nitrogens with two attached hydrogens (primary N) is 1. The van der Waals surface area contributed by atoms with E-state index in [1.807, 2.05) is 18.2 Å². The van der Waals surface area contributed by atoms with Crippen LogP contribution < -0.4 is 10.6 Å². The number of anilines is 1. The van der Waals surface area contributed by atoms with E-state index in [9.17, 15) is 4.79 Å². The molecule has 2 rings (SSSR count). The summed E-state index contributed by atoms with van der Waals surface area (Å²) in [4.78, 5) is 13.0. The van der Waals surface area contributed by atoms with Crippen molar-refractivity contribution in [1.29, 1.82) is 0 Å². The van der Waals surface area contributed by atoms with Crippen LogP contribution in [0, 0.1) is 5.92 Å². The molecule has 0 aliphatic carbocycles. The highest BCUT2D eigenvalue weighted by Crippen LogP contribution is 2.37. The number of carbonyl (C=O) groups excluding carboxylic acids is 1. The Morgan fingerprint density at radius 2 is 2.07 bits per heavy atom. The molecule has 0 radical (unpaired) electrons. The highest BCUT2D eigenvalue weighted by molar-refractivity contribution is 5.92. The van der Waals surface area contributed by atoms with Gasteiger partial charge in [0.05, 0.1) is 0 Å². The third-order valence-electron chi connectivity index (χ3n) is 3.31. The first-order chi connectivity index (χ1) is 7.11. The third kappa shape index (κ3) is 1.58. The fourth-order valence-corrected chi connectivity index (χ4v) is 2.18. The molecule has 1 aliphatic heterocycles. The lowest BCUT2D eigenvalue weighted by atomic mass is 9.84. The third-order valence-corrected chi connectivity index (χ3v) is 3.31. The molecule has 1 aromatic rings. The molecule has 0 fully saturated rings. The number of fused-ring (bicyclic) bond motifs is 1. The molecule has 2 atom stereocenters. The number of urea groups is 1. The van der Waals surface area contributed by atoms with Crippen molar-refractivity contribution in [3.8, 4) is 0 Å². The van der Waals surface area contributed by atoms with Crippen molar-refractivity contribution >= 4 is 11.7 Å². The molecule has 80 valence electrons. The molecule has 1 aliphatic rings. The van der Waals surface area contributed by atoms with Gasteiger partial charge in [0.1, 0.15) is 0 Å². The van der Waals surface area contributed by atoms with Crippen molar-refractivity contribution in [3.63, 3.8) is 0 Å². The van der Waals surface area contributed by atoms with Crippen LogP contribution in [0.5, 0.6) is 0 Å². The van der Waals surface area contributed by atoms with Gasteiger partial charge in [-0.3, -0.25) is 4.90 Å². The standard InChI is InChI=1S/C12H16N2O/c1-8-7-14(12(13)15)11-6-4-3-5-10(11)9(8)2/h3-6,8-9H,7H2,1-2H3,(H2,13,15). The minimum Gasteiger partial charge on any atom is -0.351 e. The lowest BCUT2D eigenvalue weighted by molar-refractivity contribution is 0.251. The summed E-state index contributed by atoms with van der Waals surface area (Å²) in [6.07, 6.45) is 0. The van der Waals surface area contributed by atoms with Crippen LogP contribution in [0.3, 0.4) is 0 Å². The summed E-state index contributed by atoms with van der Waals surface area (Å²) >= 11 is 0. The second kappa shape index (κ2) is 3.57. The van der Waals surface area contributed by atoms with Gasteiger partial charge in [-0.25, -0.2) is 4.79 Å². The number of primary amides is 1. The van der Waals surface area contributed by atoms with Gasteiger partial charge >= 0.3 is 6.03 Å². The molecule has 0 spiro atoms. The number of hydrogen-bond donors (Lipinski definition) is 1. The molecule has 0 aromatic heterocycles. The summed E-state index contributed by atoms with van der Waals surface area (Å²) in [5.41, 5.74) is 7.56. The van der Waals surface area contributed by atoms with Gasteiger partial charge in [0, 0.05) is 12.2 Å². The molecule has 0 bridgehead atoms. The van der Waals surface area contributed by atoms with Crippen molar-refractivity contribution in [2.75, 3.05) is 11.4 Å². The van der Waals surface area contributed by atoms with E-state index in [0.717, 1.165) is 5.69 Å². The van der Waals surface area contributed by atoms with Gasteiger partial charge in [-0.1, -0.05) is 32.0 Å². The van der Waals surface area contributed by atoms with Crippen LogP contribution in [0.1, 0.15) is 25.3 Å². The Balaban J connectivity index is 2.49. The Morgan fingerprint density at radius 3 is 2.73 bits per heavy atom. The number of nitrogens with zero attached hydrogens (tertiary/aromatic N) is 1. The smallest absolute Gasteiger partial charge is 0.319 e. The first-order valence-electron chi connectivity index (χ1n) is 5.27. The molecule has 2 N–H and O–H groups in total. The Labute approximate surface area is 89.9 Å². The number of carbonyl (C=O) groups is 1. The monoisotopic (exact) mass is 204 g/mol. The zero-order chi connectivity index (χ0) is 11.0. The van der Waals surface area contributed by atoms with Gasteiger partial charge in [0.25, 0.3) is 0 Å². The summed E-state index contributed by atoms with van der Waals surface area (Å²) < 4.78 is 0. The SMILES string of the molecule is CC1CN(C(N)=O)c2ccccc2C1C. The molecule has 0 saturated carbocycles. The Hall–Kier alpha value is -1.51. The zero-order valence-corrected chi connectivity index (χ0v) is 9.10. The summed E-state index contributed by atoms with van der Waals surface area (Å²) in [6, 6.07) is 7.62. The minimum absolute atomic E-state index is 0.360. The number of rotatable bonds is 0. The Kier molecular flexibility index (Phi) is 2.39. The van der Waals surface area contributed by atoms with Crippen molar-refractivity contribution in [2.24, 2.45) is 11.7 Å². The molecule has 1 heterocycles. The number of para-hydroxylation sites is 1. The summed E-state index contributed by atoms with van der Waals surface area (Å²) in [6.45, 7) is 5.06. The lowest BCUT2D eigenvalue weighted by Crippen LogP contribution is -2.43. The predicted molar refractivity (Wildman–Crippen MR) is 61.0 cm³/mol. The van der Waals surface area contributed by atoms with E-state index >= 15 is 0 Å². The van der Waals surface area contributed by atoms with E-state index in [0.29, 0.717) is 18.4 Å². The summed E-state index contributed by atoms with van der Waals surface area (Å²) in [7, 11) is 0. The van der Waals surface area contributed by atoms with Crippen molar-refractivity contribution < 1.29 is 4.79 Å². The maximum absolute atomic E-state index is 11.3. The second-order valence-corrected chi connectivity index (χ2v) is 4.27. The Bertz CT molecular complexity index is 389. The van der Waals surface area contributed by atoms with Crippen LogP contribution in [0.4, 0.5) is 10.5 Å². The van der Waals surface area contributed by atoms with Gasteiger partial charge in [0.15, 0.2) is 0 Å². The number of hydrogen-bond acceptors (Lipinski definition) is 1. The Morgan fingerprint density at radius 1 is 1.40 bits per heavy atom. The fraction of sp³-hybridized carbons (Fsp3) is 0.417. The minimum atomic E-state index is -0.360. The maximum Gasteiger partial charge on any atom is 0.319 e. The molecule has 2 unspecified atom stereocenters. The van der Waals surface area contributed by atoms with E-state index < -0.39 is 0 Å². The van der Waals surface area contributed by atoms with E-state index in [4.69, 9.17) is 5.73 Å². The fourth-order valence-electron chi connectivity index (χ4n) is 2.18. The van der Waals surface area contributed by atoms with Gasteiger partial charge in [-0.2, -0.15) is 0 Å². The average Bonchev–Trinajstić information content (AvgIpc) is 2.23. The van der Waals surface area contributed by atoms with E-state index in [1.165, 1.54) is 5.56 Å². The predicted octanol–water partition coefficient (Wildman–Crippen LogP) is 2.32. The largest absolute Gasteiger partial charge is 0.351 e. The van der Waals surface area contributed by atoms with Crippen LogP contribution in [-0.4, -0.2) is 12.6 Å². The zero-order valence-electron chi connectivity index (χ0n) is 9.10. The molecular formula is C12H16N2O. The van der Waals surface area contributed by atoms with Gasteiger partial charge in [0.2, 0.25) is 0 Å². The first-order valence-corrected chi connectivity index (χ1v) is 5.27. The van der Waals surface area contributed by atoms with E-state index in [2.05, 4.69) is 19.9 Å². The molecular weight excluding hydrogens is 188 g/mol. The van der Waals surface area contributed by atoms with Crippen LogP contribution >= 0.6 is 0 Å². The van der Waals surface area contributed by atoms with E-state index in [1.54, 1.807) is 4.90 Å². The van der Waals surface area contributed by atoms with E-state index in [-0.39, 0.29) is 6.03 Å². The van der Waals surface area contributed by atoms with Gasteiger partial charge in [-0.05, 0) is 23.5 Å². The van der Waals surface area contributed by atoms with Crippen molar-refractivity contribution in [2.45, 2.75) is 19.8 Å². The molecule has 0 saturated heterocycles. The first kappa shape index (κ1) is 10.0. The van der Waals surface area contributed by atoms with Crippen molar-refractivity contribution in [1.82, 2.24) is 0 Å². The molecule has 3 nitrogen and oxygen atoms in total. The quantitative estimate of drug-likeness (QED) is 0.692. The summed E-state index contributed by atoms with van der Waals surface area (Å²) in [5, 5.41) is 0. The molecule has 3 heteroatoms. The number of benzene rings is 1. The van der Waals surface area contributed by atoms with Gasteiger partial charge in [-0.15, -0.1) is 0 Å². The topological polar surface area (TPSA) is 46.3 Å². The lowest BCUT2D eigenvalue weighted by Gasteiger charge is -2.36. The normalized spacial score (nSPS) is 24.8. The number of amides is 2. The van der Waals surface area contributed by atoms with Gasteiger partial charge < -0.3 is 5.73 Å². The molecule has 1 aromatic carbocycles. The highest BCUT2D eigenvalue weighted by Gasteiger charge is 2.29. The van der Waals surface area contributed by atoms with Crippen LogP contribution in [-0.2, 0) is 0 Å². The highest BCUT2D eigenvalue weighted by atomic mass is 16.2. The van der Waals surface area contributed by atoms with Crippen LogP contribution in [0.25, 0.3) is 0 Å².